The minimum Gasteiger partial charge on any atom is -0.385 e. The SMILES string of the molecule is COCCCNC(=O)c1ccc(Nc2ccc(Cl)cc2Cl)cn1. The second-order valence-electron chi connectivity index (χ2n) is 4.78. The summed E-state index contributed by atoms with van der Waals surface area (Å²) in [6.45, 7) is 1.16. The van der Waals surface area contributed by atoms with E-state index in [1.807, 2.05) is 0 Å². The first kappa shape index (κ1) is 17.5. The van der Waals surface area contributed by atoms with Gasteiger partial charge < -0.3 is 15.4 Å². The summed E-state index contributed by atoms with van der Waals surface area (Å²) in [7, 11) is 1.63. The number of rotatable bonds is 7. The molecule has 0 bridgehead atoms. The maximum absolute atomic E-state index is 11.9. The summed E-state index contributed by atoms with van der Waals surface area (Å²) >= 11 is 12.0. The zero-order chi connectivity index (χ0) is 16.7. The molecule has 0 atom stereocenters. The fraction of sp³-hybridized carbons (Fsp3) is 0.250. The Kier molecular flexibility index (Phi) is 6.65. The van der Waals surface area contributed by atoms with Gasteiger partial charge >= 0.3 is 0 Å². The van der Waals surface area contributed by atoms with E-state index < -0.39 is 0 Å². The number of benzene rings is 1. The van der Waals surface area contributed by atoms with Crippen LogP contribution in [0.4, 0.5) is 11.4 Å². The Morgan fingerprint density at radius 2 is 2.09 bits per heavy atom. The molecule has 0 saturated carbocycles. The van der Waals surface area contributed by atoms with Crippen LogP contribution in [0.1, 0.15) is 16.9 Å². The van der Waals surface area contributed by atoms with E-state index >= 15 is 0 Å². The third kappa shape index (κ3) is 5.39. The zero-order valence-electron chi connectivity index (χ0n) is 12.6. The molecule has 7 heteroatoms. The zero-order valence-corrected chi connectivity index (χ0v) is 14.1. The molecule has 122 valence electrons. The van der Waals surface area contributed by atoms with Gasteiger partial charge in [0.1, 0.15) is 5.69 Å². The second kappa shape index (κ2) is 8.72. The van der Waals surface area contributed by atoms with Gasteiger partial charge in [-0.3, -0.25) is 4.79 Å². The van der Waals surface area contributed by atoms with Crippen molar-refractivity contribution >= 4 is 40.5 Å². The van der Waals surface area contributed by atoms with Gasteiger partial charge in [-0.1, -0.05) is 23.2 Å². The van der Waals surface area contributed by atoms with Crippen molar-refractivity contribution in [3.63, 3.8) is 0 Å². The number of methoxy groups -OCH3 is 1. The first-order chi connectivity index (χ1) is 11.1. The number of aromatic nitrogens is 1. The number of hydrogen-bond donors (Lipinski definition) is 2. The van der Waals surface area contributed by atoms with Crippen molar-refractivity contribution in [2.24, 2.45) is 0 Å². The van der Waals surface area contributed by atoms with Gasteiger partial charge in [-0.15, -0.1) is 0 Å². The van der Waals surface area contributed by atoms with Crippen molar-refractivity contribution in [3.8, 4) is 0 Å². The number of amides is 1. The molecule has 2 rings (SSSR count). The number of carbonyl (C=O) groups is 1. The van der Waals surface area contributed by atoms with E-state index in [1.54, 1.807) is 43.6 Å². The van der Waals surface area contributed by atoms with Crippen LogP contribution in [0.3, 0.4) is 0 Å². The number of nitrogens with one attached hydrogen (secondary N) is 2. The lowest BCUT2D eigenvalue weighted by atomic mass is 10.2. The van der Waals surface area contributed by atoms with E-state index in [-0.39, 0.29) is 5.91 Å². The third-order valence-electron chi connectivity index (χ3n) is 3.02. The molecule has 23 heavy (non-hydrogen) atoms. The Hall–Kier alpha value is -1.82. The molecule has 0 radical (unpaired) electrons. The van der Waals surface area contributed by atoms with E-state index in [9.17, 15) is 4.79 Å². The summed E-state index contributed by atoms with van der Waals surface area (Å²) in [5, 5.41) is 6.98. The van der Waals surface area contributed by atoms with Crippen molar-refractivity contribution < 1.29 is 9.53 Å². The quantitative estimate of drug-likeness (QED) is 0.741. The Morgan fingerprint density at radius 1 is 1.26 bits per heavy atom. The van der Waals surface area contributed by atoms with Crippen LogP contribution in [0.2, 0.25) is 10.0 Å². The predicted octanol–water partition coefficient (Wildman–Crippen LogP) is 3.90. The molecule has 0 fully saturated rings. The normalized spacial score (nSPS) is 10.4. The lowest BCUT2D eigenvalue weighted by Gasteiger charge is -2.09. The van der Waals surface area contributed by atoms with Gasteiger partial charge in [0.25, 0.3) is 5.91 Å². The van der Waals surface area contributed by atoms with Crippen molar-refractivity contribution in [2.75, 3.05) is 25.6 Å². The monoisotopic (exact) mass is 353 g/mol. The number of hydrogen-bond acceptors (Lipinski definition) is 4. The smallest absolute Gasteiger partial charge is 0.269 e. The number of pyridine rings is 1. The highest BCUT2D eigenvalue weighted by molar-refractivity contribution is 6.36. The Bertz CT molecular complexity index is 663. The van der Waals surface area contributed by atoms with Crippen LogP contribution in [-0.4, -0.2) is 31.2 Å². The molecule has 0 saturated heterocycles. The Labute approximate surface area is 145 Å². The first-order valence-corrected chi connectivity index (χ1v) is 7.81. The Morgan fingerprint density at radius 3 is 2.74 bits per heavy atom. The third-order valence-corrected chi connectivity index (χ3v) is 3.56. The van der Waals surface area contributed by atoms with Crippen molar-refractivity contribution in [3.05, 3.63) is 52.3 Å². The molecular formula is C16H17Cl2N3O2. The van der Waals surface area contributed by atoms with Gasteiger partial charge in [-0.2, -0.15) is 0 Å². The van der Waals surface area contributed by atoms with Gasteiger partial charge in [0, 0.05) is 25.3 Å². The lowest BCUT2D eigenvalue weighted by molar-refractivity contribution is 0.0943. The van der Waals surface area contributed by atoms with Crippen molar-refractivity contribution in [2.45, 2.75) is 6.42 Å². The molecule has 0 unspecified atom stereocenters. The van der Waals surface area contributed by atoms with E-state index in [1.165, 1.54) is 0 Å². The summed E-state index contributed by atoms with van der Waals surface area (Å²) in [4.78, 5) is 16.0. The number of nitrogens with zero attached hydrogens (tertiary/aromatic N) is 1. The van der Waals surface area contributed by atoms with Crippen LogP contribution in [-0.2, 0) is 4.74 Å². The summed E-state index contributed by atoms with van der Waals surface area (Å²) in [6.07, 6.45) is 2.34. The molecule has 0 spiro atoms. The van der Waals surface area contributed by atoms with Crippen LogP contribution in [0, 0.1) is 0 Å². The van der Waals surface area contributed by atoms with Crippen LogP contribution < -0.4 is 10.6 Å². The van der Waals surface area contributed by atoms with E-state index in [0.29, 0.717) is 28.9 Å². The van der Waals surface area contributed by atoms with E-state index in [4.69, 9.17) is 27.9 Å². The van der Waals surface area contributed by atoms with Gasteiger partial charge in [0.05, 0.1) is 22.6 Å². The largest absolute Gasteiger partial charge is 0.385 e. The summed E-state index contributed by atoms with van der Waals surface area (Å²) in [6, 6.07) is 8.59. The van der Waals surface area contributed by atoms with Crippen molar-refractivity contribution in [1.29, 1.82) is 0 Å². The fourth-order valence-corrected chi connectivity index (χ4v) is 2.31. The molecule has 0 aliphatic rings. The van der Waals surface area contributed by atoms with E-state index in [0.717, 1.165) is 17.8 Å². The van der Waals surface area contributed by atoms with Crippen LogP contribution >= 0.6 is 23.2 Å². The maximum atomic E-state index is 11.9. The highest BCUT2D eigenvalue weighted by atomic mass is 35.5. The van der Waals surface area contributed by atoms with Crippen molar-refractivity contribution in [1.82, 2.24) is 10.3 Å². The lowest BCUT2D eigenvalue weighted by Crippen LogP contribution is -2.26. The average Bonchev–Trinajstić information content (AvgIpc) is 2.55. The highest BCUT2D eigenvalue weighted by Gasteiger charge is 2.07. The molecule has 2 aromatic rings. The molecule has 5 nitrogen and oxygen atoms in total. The molecular weight excluding hydrogens is 337 g/mol. The standard InChI is InChI=1S/C16H17Cl2N3O2/c1-23-8-2-7-19-16(22)15-6-4-12(10-20-15)21-14-5-3-11(17)9-13(14)18/h3-6,9-10,21H,2,7-8H2,1H3,(H,19,22). The van der Waals surface area contributed by atoms with E-state index in [2.05, 4.69) is 15.6 Å². The summed E-state index contributed by atoms with van der Waals surface area (Å²) in [5.41, 5.74) is 1.80. The summed E-state index contributed by atoms with van der Waals surface area (Å²) < 4.78 is 4.92. The maximum Gasteiger partial charge on any atom is 0.269 e. The minimum atomic E-state index is -0.211. The number of ether oxygens (including phenoxy) is 1. The molecule has 0 aliphatic carbocycles. The van der Waals surface area contributed by atoms with Gasteiger partial charge in [0.2, 0.25) is 0 Å². The highest BCUT2D eigenvalue weighted by Crippen LogP contribution is 2.27. The van der Waals surface area contributed by atoms with Gasteiger partial charge in [-0.05, 0) is 36.8 Å². The molecule has 1 aromatic heterocycles. The number of carbonyl (C=O) groups excluding carboxylic acids is 1. The predicted molar refractivity (Wildman–Crippen MR) is 92.8 cm³/mol. The topological polar surface area (TPSA) is 63.2 Å². The Balaban J connectivity index is 1.95. The average molecular weight is 354 g/mol. The molecule has 0 aliphatic heterocycles. The molecule has 1 heterocycles. The second-order valence-corrected chi connectivity index (χ2v) is 5.63. The van der Waals surface area contributed by atoms with Gasteiger partial charge in [0.15, 0.2) is 0 Å². The summed E-state index contributed by atoms with van der Waals surface area (Å²) in [5.74, 6) is -0.211. The van der Waals surface area contributed by atoms with Gasteiger partial charge in [-0.25, -0.2) is 4.98 Å². The van der Waals surface area contributed by atoms with Crippen LogP contribution in [0.5, 0.6) is 0 Å². The molecule has 1 aromatic carbocycles. The number of halogens is 2. The minimum absolute atomic E-state index is 0.211. The first-order valence-electron chi connectivity index (χ1n) is 7.05. The number of anilines is 2. The van der Waals surface area contributed by atoms with Crippen LogP contribution in [0.25, 0.3) is 0 Å². The molecule has 1 amide bonds. The molecule has 2 N–H and O–H groups in total. The fourth-order valence-electron chi connectivity index (χ4n) is 1.86. The van der Waals surface area contributed by atoms with Crippen LogP contribution in [0.15, 0.2) is 36.5 Å².